The predicted molar refractivity (Wildman–Crippen MR) is 544 cm³/mol. The van der Waals surface area contributed by atoms with Crippen LogP contribution in [-0.2, 0) is 143 Å². The van der Waals surface area contributed by atoms with Gasteiger partial charge in [0.25, 0.3) is 5.56 Å². The van der Waals surface area contributed by atoms with Gasteiger partial charge in [-0.15, -0.1) is 0 Å². The van der Waals surface area contributed by atoms with E-state index in [1.807, 2.05) is 27.7 Å². The first-order valence-electron chi connectivity index (χ1n) is 52.0. The number of ether oxygens (including phenoxy) is 16. The summed E-state index contributed by atoms with van der Waals surface area (Å²) in [4.78, 5) is 183. The van der Waals surface area contributed by atoms with Crippen molar-refractivity contribution in [3.05, 3.63) is 97.0 Å². The molecule has 5 aromatic rings. The molecule has 7 atom stereocenters. The number of Topliss-reactive ketones (excluding diaryl/α,β-unsaturated/α-hetero) is 4. The number of esters is 2. The van der Waals surface area contributed by atoms with Crippen LogP contribution >= 0.6 is 0 Å². The lowest BCUT2D eigenvalue weighted by Crippen LogP contribution is -2.48. The summed E-state index contributed by atoms with van der Waals surface area (Å²) in [5.74, 6) is -4.36. The Morgan fingerprint density at radius 3 is 1.37 bits per heavy atom. The first-order chi connectivity index (χ1) is 70.7. The Bertz CT molecular complexity index is 5600. The summed E-state index contributed by atoms with van der Waals surface area (Å²) in [6, 6.07) is 6.83. The van der Waals surface area contributed by atoms with Crippen molar-refractivity contribution in [1.82, 2.24) is 46.4 Å². The van der Waals surface area contributed by atoms with E-state index >= 15 is 0 Å². The van der Waals surface area contributed by atoms with Gasteiger partial charge in [0.1, 0.15) is 30.2 Å². The lowest BCUT2D eigenvalue weighted by atomic mass is 9.75. The van der Waals surface area contributed by atoms with E-state index in [4.69, 9.17) is 85.8 Å². The zero-order chi connectivity index (χ0) is 108. The van der Waals surface area contributed by atoms with Crippen LogP contribution in [0.15, 0.2) is 52.3 Å². The Kier molecular flexibility index (Phi) is 45.6. The number of benzene rings is 2. The van der Waals surface area contributed by atoms with Gasteiger partial charge in [-0.05, 0) is 164 Å². The molecule has 8 N–H and O–H groups in total. The summed E-state index contributed by atoms with van der Waals surface area (Å²) in [7, 11) is 0. The zero-order valence-corrected chi connectivity index (χ0v) is 88.8. The number of unbranched alkanes of at least 4 members (excludes halogenated alkanes) is 2. The van der Waals surface area contributed by atoms with E-state index < -0.39 is 93.7 Å². The molecule has 816 valence electrons. The number of hydrogen-bond acceptors (Lipinski definition) is 33. The molecule has 0 saturated carbocycles. The smallest absolute Gasteiger partial charge is 0.407 e. The lowest BCUT2D eigenvalue weighted by molar-refractivity contribution is -0.172. The maximum absolute atomic E-state index is 14.1. The fourth-order valence-electron chi connectivity index (χ4n) is 17.7. The number of ketones is 4. The van der Waals surface area contributed by atoms with Crippen LogP contribution in [0.5, 0.6) is 23.0 Å². The van der Waals surface area contributed by atoms with E-state index in [0.29, 0.717) is 214 Å². The van der Waals surface area contributed by atoms with Crippen molar-refractivity contribution in [2.75, 3.05) is 139 Å². The summed E-state index contributed by atoms with van der Waals surface area (Å²) in [5, 5.41) is 41.2. The minimum absolute atomic E-state index is 0.000504. The number of pyridine rings is 3. The summed E-state index contributed by atoms with van der Waals surface area (Å²) in [6.07, 6.45) is 4.83. The molecular formula is C108H153N9O31. The van der Waals surface area contributed by atoms with E-state index in [0.717, 1.165) is 13.0 Å². The molecular weight excluding hydrogens is 1920 g/mol. The summed E-state index contributed by atoms with van der Waals surface area (Å²) >= 11 is 0. The van der Waals surface area contributed by atoms with Crippen LogP contribution in [0.2, 0.25) is 0 Å². The van der Waals surface area contributed by atoms with Crippen LogP contribution in [0.25, 0.3) is 38.8 Å². The molecule has 0 spiro atoms. The van der Waals surface area contributed by atoms with E-state index in [2.05, 4.69) is 52.7 Å². The molecule has 40 heteroatoms. The number of alkyl carbamates (subject to hydrolysis) is 2. The molecule has 0 saturated heterocycles. The number of carbonyl (C=O) groups excluding carboxylic acids is 12. The van der Waals surface area contributed by atoms with Crippen molar-refractivity contribution in [1.29, 1.82) is 0 Å². The first-order valence-corrected chi connectivity index (χ1v) is 52.0. The number of nitrogens with one attached hydrogen (secondary N) is 6. The quantitative estimate of drug-likeness (QED) is 0.00998. The number of carbonyl (C=O) groups is 12. The topological polar surface area (TPSA) is 513 Å². The predicted octanol–water partition coefficient (Wildman–Crippen LogP) is 11.1. The van der Waals surface area contributed by atoms with Gasteiger partial charge in [0.2, 0.25) is 37.2 Å². The summed E-state index contributed by atoms with van der Waals surface area (Å²) < 4.78 is 89.3. The number of fused-ring (bicyclic) bond motifs is 11. The monoisotopic (exact) mass is 2070 g/mol. The molecule has 148 heavy (non-hydrogen) atoms. The highest BCUT2D eigenvalue weighted by molar-refractivity contribution is 6.13. The van der Waals surface area contributed by atoms with Gasteiger partial charge in [0.05, 0.1) is 157 Å². The number of cyclic esters (lactones) is 2. The molecule has 0 fully saturated rings. The van der Waals surface area contributed by atoms with Gasteiger partial charge >= 0.3 is 24.1 Å². The number of aromatic nitrogens is 3. The van der Waals surface area contributed by atoms with Gasteiger partial charge < -0.3 is 122 Å². The molecule has 12 rings (SSSR count). The van der Waals surface area contributed by atoms with Crippen LogP contribution in [0, 0.1) is 29.6 Å². The van der Waals surface area contributed by atoms with Gasteiger partial charge in [-0.3, -0.25) is 43.2 Å². The highest BCUT2D eigenvalue weighted by Gasteiger charge is 2.52. The van der Waals surface area contributed by atoms with Gasteiger partial charge in [-0.2, -0.15) is 0 Å². The maximum Gasteiger partial charge on any atom is 0.407 e. The Hall–Kier alpha value is -11.5. The molecule has 0 bridgehead atoms. The largest absolute Gasteiger partial charge is 0.458 e. The van der Waals surface area contributed by atoms with E-state index in [1.165, 1.54) is 11.0 Å². The van der Waals surface area contributed by atoms with Crippen LogP contribution in [-0.4, -0.2) is 264 Å². The second kappa shape index (κ2) is 57.0. The molecule has 6 amide bonds. The maximum atomic E-state index is 14.1. The summed E-state index contributed by atoms with van der Waals surface area (Å²) in [5.41, 5.74) is 0.738. The van der Waals surface area contributed by atoms with E-state index in [1.54, 1.807) is 98.7 Å². The summed E-state index contributed by atoms with van der Waals surface area (Å²) in [6.45, 7) is 36.7. The van der Waals surface area contributed by atoms with Crippen molar-refractivity contribution in [2.24, 2.45) is 29.6 Å². The average molecular weight is 2070 g/mol. The molecule has 0 radical (unpaired) electrons. The van der Waals surface area contributed by atoms with Crippen molar-refractivity contribution < 1.29 is 144 Å². The minimum Gasteiger partial charge on any atom is -0.458 e. The fraction of sp³-hybridized carbons (Fsp3) is 0.639. The molecule has 2 aromatic carbocycles. The SMILES string of the molecule is CCC.CCCOCCOCCOCCOCCOCCOCCOCCOCCC(=O)C[C@H](C(=O)N[C@@H](CCCCNC(=O)OC(C)(C)C)C(=O)CCC(=O)NCc1c2c(nc3cc4c(cc13)OCO4)C1=CC3=C(COC(=O)[C@]3(O)CC)C(=O)C1C2)C(C)C.CC[C@@]1(O)C(=O)OCc2c1cc1n(c2=O)Cc2c-1nc1cc3c(cc1c2CNC(=O)CCC(=O)[C@H](CCCCNC(=O)OC(C)(C)C)NC(=O)[C@@H](C)C(C)C)OCO3. The van der Waals surface area contributed by atoms with Gasteiger partial charge in [0, 0.05) is 128 Å². The highest BCUT2D eigenvalue weighted by Crippen LogP contribution is 2.50. The molecule has 8 heterocycles. The standard InChI is InChI=1S/C63H92N4O20.C42H53N5O11.C3H8/c1-8-17-76-19-21-78-23-25-80-27-29-82-31-32-83-30-28-81-26-24-79-22-20-77-18-15-42(68)33-43(41(3)4)59(72)67-51(12-10-11-16-64-61(74)87-62(5,6)7)53(69)13-14-56(70)65-38-48-44-36-54-55(86-40-85-54)37-52(44)66-57-45(48)34-47-46(57)35-50-49(58(47)71)39-84-60(73)63(50,75)9-2;1-8-42(54)28-16-31-36-26(19-47(31)38(51)27(28)20-55-39(42)52)25(24-15-33-34(57-21-56-33)17-30(24)45-36)18-44-35(49)13-12-32(48)29(46-37(50)23(4)22(2)3)11-9-10-14-43-40(53)58-41(5,6)7;1-3-2/h35-37,41,43,47,51,75H,8-34,38-40H2,1-7H3,(H,64,74)(H,65,70)(H,67,72);15-17,22-23,29,54H,8-14,18-21H2,1-7H3,(H,43,53)(H,44,49)(H,46,50);3H2,1-2H3/t43-,47?,51-,63-;23-,29-,42-;/m00./s1. The normalized spacial score (nSPS) is 17.3. The molecule has 5 aliphatic heterocycles. The Labute approximate surface area is 864 Å². The van der Waals surface area contributed by atoms with Crippen molar-refractivity contribution >= 4 is 98.3 Å². The Morgan fingerprint density at radius 2 is 0.919 bits per heavy atom. The number of rotatable bonds is 58. The third-order valence-electron chi connectivity index (χ3n) is 26.1. The fourth-order valence-corrected chi connectivity index (χ4v) is 17.7. The number of allylic oxidation sites excluding steroid dienone is 1. The average Bonchev–Trinajstić information content (AvgIpc) is 1.56. The van der Waals surface area contributed by atoms with Gasteiger partial charge in [-0.1, -0.05) is 75.7 Å². The van der Waals surface area contributed by atoms with Crippen LogP contribution in [0.3, 0.4) is 0 Å². The van der Waals surface area contributed by atoms with Crippen molar-refractivity contribution in [3.63, 3.8) is 0 Å². The molecule has 2 aliphatic carbocycles. The molecule has 1 unspecified atom stereocenters. The number of aliphatic hydroxyl groups is 2. The Morgan fingerprint density at radius 1 is 0.486 bits per heavy atom. The Balaban J connectivity index is 0.000000317. The molecule has 40 nitrogen and oxygen atoms in total. The number of nitrogens with zero attached hydrogens (tertiary/aromatic N) is 3. The highest BCUT2D eigenvalue weighted by atomic mass is 16.7. The molecule has 3 aromatic heterocycles. The zero-order valence-electron chi connectivity index (χ0n) is 88.8. The van der Waals surface area contributed by atoms with Crippen molar-refractivity contribution in [3.8, 4) is 34.4 Å². The van der Waals surface area contributed by atoms with Gasteiger partial charge in [-0.25, -0.2) is 29.1 Å². The second-order valence-corrected chi connectivity index (χ2v) is 40.2. The van der Waals surface area contributed by atoms with Crippen LogP contribution in [0.4, 0.5) is 9.59 Å². The van der Waals surface area contributed by atoms with Gasteiger partial charge in [0.15, 0.2) is 51.5 Å². The lowest BCUT2D eigenvalue weighted by Gasteiger charge is -2.35. The third-order valence-corrected chi connectivity index (χ3v) is 26.1. The van der Waals surface area contributed by atoms with E-state index in [-0.39, 0.29) is 199 Å². The molecule has 7 aliphatic rings. The minimum atomic E-state index is -2.00. The third kappa shape index (κ3) is 33.0. The first kappa shape index (κ1) is 118. The van der Waals surface area contributed by atoms with Crippen LogP contribution < -0.4 is 56.4 Å². The second-order valence-electron chi connectivity index (χ2n) is 40.2. The number of amides is 6. The van der Waals surface area contributed by atoms with Crippen molar-refractivity contribution in [2.45, 2.75) is 281 Å². The number of hydrogen-bond donors (Lipinski definition) is 8. The van der Waals surface area contributed by atoms with Crippen LogP contribution in [0.1, 0.15) is 253 Å². The van der Waals surface area contributed by atoms with E-state index in [9.17, 15) is 72.5 Å².